The van der Waals surface area contributed by atoms with Gasteiger partial charge < -0.3 is 14.2 Å². The maximum absolute atomic E-state index is 12.4. The quantitative estimate of drug-likeness (QED) is 0.386. The number of hydrogen-bond donors (Lipinski definition) is 0. The fourth-order valence-electron chi connectivity index (χ4n) is 2.11. The number of halogens is 2. The van der Waals surface area contributed by atoms with Gasteiger partial charge >= 0.3 is 11.9 Å². The number of carbonyl (C=O) groups is 4. The first-order chi connectivity index (χ1) is 13.3. The van der Waals surface area contributed by atoms with Crippen molar-refractivity contribution in [3.8, 4) is 5.75 Å². The zero-order chi connectivity index (χ0) is 20.8. The van der Waals surface area contributed by atoms with E-state index in [0.717, 1.165) is 16.7 Å². The van der Waals surface area contributed by atoms with E-state index < -0.39 is 29.6 Å². The molecular formula is C17H15Br2NO7S. The molecule has 2 rings (SSSR count). The van der Waals surface area contributed by atoms with Crippen molar-refractivity contribution in [2.75, 3.05) is 26.9 Å². The van der Waals surface area contributed by atoms with Crippen molar-refractivity contribution >= 4 is 72.8 Å². The minimum Gasteiger partial charge on any atom is -0.480 e. The van der Waals surface area contributed by atoms with Crippen molar-refractivity contribution < 1.29 is 33.4 Å². The summed E-state index contributed by atoms with van der Waals surface area (Å²) < 4.78 is 15.8. The van der Waals surface area contributed by atoms with Crippen molar-refractivity contribution in [3.05, 3.63) is 31.5 Å². The molecule has 0 N–H and O–H groups in total. The number of rotatable bonds is 7. The second kappa shape index (κ2) is 10.1. The fourth-order valence-corrected chi connectivity index (χ4v) is 4.40. The van der Waals surface area contributed by atoms with E-state index in [1.54, 1.807) is 19.1 Å². The van der Waals surface area contributed by atoms with Crippen LogP contribution in [0, 0.1) is 0 Å². The topological polar surface area (TPSA) is 99.2 Å². The fraction of sp³-hybridized carbons (Fsp3) is 0.294. The Kier molecular flexibility index (Phi) is 8.08. The number of methoxy groups -OCH3 is 1. The molecule has 1 fully saturated rings. The predicted octanol–water partition coefficient (Wildman–Crippen LogP) is 3.36. The Labute approximate surface area is 181 Å². The van der Waals surface area contributed by atoms with Gasteiger partial charge in [-0.05, 0) is 74.3 Å². The lowest BCUT2D eigenvalue weighted by atomic mass is 10.2. The van der Waals surface area contributed by atoms with Crippen molar-refractivity contribution in [2.45, 2.75) is 6.92 Å². The van der Waals surface area contributed by atoms with Crippen molar-refractivity contribution in [2.24, 2.45) is 0 Å². The van der Waals surface area contributed by atoms with Crippen LogP contribution in [0.4, 0.5) is 4.79 Å². The van der Waals surface area contributed by atoms with Crippen LogP contribution >= 0.6 is 43.6 Å². The second-order valence-corrected chi connectivity index (χ2v) is 7.95. The Morgan fingerprint density at radius 2 is 1.82 bits per heavy atom. The number of amides is 2. The summed E-state index contributed by atoms with van der Waals surface area (Å²) in [7, 11) is 1.26. The van der Waals surface area contributed by atoms with Gasteiger partial charge in [0.15, 0.2) is 6.61 Å². The standard InChI is InChI=1S/C17H15Br2NO7S/c1-3-26-13(21)7-20-16(23)12(28-17(20)24)6-9-4-10(18)15(11(19)5-9)27-8-14(22)25-2/h4-6H,3,7-8H2,1-2H3/b12-6+. The van der Waals surface area contributed by atoms with E-state index in [4.69, 9.17) is 9.47 Å². The number of nitrogens with zero attached hydrogens (tertiary/aromatic N) is 1. The number of hydrogen-bond acceptors (Lipinski definition) is 8. The zero-order valence-electron chi connectivity index (χ0n) is 14.8. The maximum atomic E-state index is 12.4. The number of imide groups is 1. The molecule has 11 heteroatoms. The Morgan fingerprint density at radius 1 is 1.18 bits per heavy atom. The molecule has 1 aliphatic rings. The smallest absolute Gasteiger partial charge is 0.343 e. The SMILES string of the molecule is CCOC(=O)CN1C(=O)S/C(=C/c2cc(Br)c(OCC(=O)OC)c(Br)c2)C1=O. The average molecular weight is 537 g/mol. The Hall–Kier alpha value is -1.85. The van der Waals surface area contributed by atoms with Gasteiger partial charge in [0.2, 0.25) is 0 Å². The molecule has 1 aliphatic heterocycles. The van der Waals surface area contributed by atoms with Crippen LogP contribution in [0.15, 0.2) is 26.0 Å². The Balaban J connectivity index is 2.19. The van der Waals surface area contributed by atoms with E-state index in [-0.39, 0.29) is 18.1 Å². The lowest BCUT2D eigenvalue weighted by Gasteiger charge is -2.11. The molecule has 1 aromatic carbocycles. The van der Waals surface area contributed by atoms with Crippen molar-refractivity contribution in [3.63, 3.8) is 0 Å². The first-order valence-corrected chi connectivity index (χ1v) is 10.3. The largest absolute Gasteiger partial charge is 0.480 e. The summed E-state index contributed by atoms with van der Waals surface area (Å²) in [5.74, 6) is -1.36. The molecule has 0 bridgehead atoms. The number of thioether (sulfide) groups is 1. The highest BCUT2D eigenvalue weighted by atomic mass is 79.9. The summed E-state index contributed by atoms with van der Waals surface area (Å²) >= 11 is 7.42. The van der Waals surface area contributed by atoms with Gasteiger partial charge in [-0.1, -0.05) is 0 Å². The van der Waals surface area contributed by atoms with E-state index in [2.05, 4.69) is 36.6 Å². The summed E-state index contributed by atoms with van der Waals surface area (Å²) in [4.78, 5) is 48.2. The Morgan fingerprint density at radius 3 is 2.39 bits per heavy atom. The molecule has 150 valence electrons. The molecule has 1 saturated heterocycles. The monoisotopic (exact) mass is 535 g/mol. The molecule has 1 aromatic rings. The summed E-state index contributed by atoms with van der Waals surface area (Å²) in [5.41, 5.74) is 0.603. The number of benzene rings is 1. The lowest BCUT2D eigenvalue weighted by Crippen LogP contribution is -2.34. The van der Waals surface area contributed by atoms with Crippen LogP contribution in [0.25, 0.3) is 6.08 Å². The molecule has 0 aliphatic carbocycles. The molecule has 28 heavy (non-hydrogen) atoms. The van der Waals surface area contributed by atoms with Crippen LogP contribution in [0.1, 0.15) is 12.5 Å². The third kappa shape index (κ3) is 5.58. The van der Waals surface area contributed by atoms with Crippen molar-refractivity contribution in [1.29, 1.82) is 0 Å². The summed E-state index contributed by atoms with van der Waals surface area (Å²) in [5, 5.41) is -0.541. The first-order valence-electron chi connectivity index (χ1n) is 7.86. The molecule has 0 spiro atoms. The summed E-state index contributed by atoms with van der Waals surface area (Å²) in [6, 6.07) is 3.33. The van der Waals surface area contributed by atoms with E-state index >= 15 is 0 Å². The summed E-state index contributed by atoms with van der Waals surface area (Å²) in [6.45, 7) is 1.11. The van der Waals surface area contributed by atoms with Gasteiger partial charge in [-0.3, -0.25) is 19.3 Å². The van der Waals surface area contributed by atoms with Crippen LogP contribution in [-0.4, -0.2) is 54.9 Å². The van der Waals surface area contributed by atoms with Gasteiger partial charge in [0.25, 0.3) is 11.1 Å². The second-order valence-electron chi connectivity index (χ2n) is 5.25. The minimum absolute atomic E-state index is 0.164. The third-order valence-corrected chi connectivity index (χ3v) is 5.43. The van der Waals surface area contributed by atoms with Crippen LogP contribution in [0.3, 0.4) is 0 Å². The van der Waals surface area contributed by atoms with E-state index in [0.29, 0.717) is 20.3 Å². The van der Waals surface area contributed by atoms with Gasteiger partial charge in [-0.15, -0.1) is 0 Å². The molecule has 0 saturated carbocycles. The van der Waals surface area contributed by atoms with Gasteiger partial charge in [-0.25, -0.2) is 4.79 Å². The minimum atomic E-state index is -0.649. The number of esters is 2. The highest BCUT2D eigenvalue weighted by Gasteiger charge is 2.36. The molecule has 0 aromatic heterocycles. The van der Waals surface area contributed by atoms with Crippen LogP contribution in [0.2, 0.25) is 0 Å². The molecule has 8 nitrogen and oxygen atoms in total. The summed E-state index contributed by atoms with van der Waals surface area (Å²) in [6.07, 6.45) is 1.52. The molecule has 1 heterocycles. The molecule has 0 radical (unpaired) electrons. The molecular weight excluding hydrogens is 522 g/mol. The number of carbonyl (C=O) groups excluding carboxylic acids is 4. The third-order valence-electron chi connectivity index (χ3n) is 3.35. The van der Waals surface area contributed by atoms with Crippen molar-refractivity contribution in [1.82, 2.24) is 4.90 Å². The molecule has 0 atom stereocenters. The maximum Gasteiger partial charge on any atom is 0.343 e. The van der Waals surface area contributed by atoms with E-state index in [1.807, 2.05) is 0 Å². The van der Waals surface area contributed by atoms with Gasteiger partial charge in [0.05, 0.1) is 27.6 Å². The van der Waals surface area contributed by atoms with Crippen LogP contribution < -0.4 is 4.74 Å². The predicted molar refractivity (Wildman–Crippen MR) is 109 cm³/mol. The average Bonchev–Trinajstić information content (AvgIpc) is 2.88. The highest BCUT2D eigenvalue weighted by molar-refractivity contribution is 9.11. The van der Waals surface area contributed by atoms with Crippen LogP contribution in [0.5, 0.6) is 5.75 Å². The highest BCUT2D eigenvalue weighted by Crippen LogP contribution is 2.37. The van der Waals surface area contributed by atoms with Gasteiger partial charge in [0.1, 0.15) is 12.3 Å². The first kappa shape index (κ1) is 22.4. The molecule has 2 amide bonds. The van der Waals surface area contributed by atoms with E-state index in [1.165, 1.54) is 13.2 Å². The molecule has 0 unspecified atom stereocenters. The van der Waals surface area contributed by atoms with Crippen LogP contribution in [-0.2, 0) is 23.9 Å². The lowest BCUT2D eigenvalue weighted by molar-refractivity contribution is -0.146. The normalized spacial score (nSPS) is 15.1. The number of ether oxygens (including phenoxy) is 3. The van der Waals surface area contributed by atoms with E-state index in [9.17, 15) is 19.2 Å². The Bertz CT molecular complexity index is 833. The van der Waals surface area contributed by atoms with Gasteiger partial charge in [-0.2, -0.15) is 0 Å². The van der Waals surface area contributed by atoms with Gasteiger partial charge in [0, 0.05) is 0 Å². The zero-order valence-corrected chi connectivity index (χ0v) is 18.8.